The van der Waals surface area contributed by atoms with Crippen LogP contribution in [0.1, 0.15) is 39.5 Å². The molecule has 94 valence electrons. The van der Waals surface area contributed by atoms with Gasteiger partial charge in [-0.1, -0.05) is 13.3 Å². The normalized spacial score (nSPS) is 28.0. The number of carboxylic acids is 1. The lowest BCUT2D eigenvalue weighted by atomic mass is 9.91. The molecule has 0 aliphatic carbocycles. The van der Waals surface area contributed by atoms with Crippen LogP contribution in [0, 0.1) is 0 Å². The molecule has 0 bridgehead atoms. The third kappa shape index (κ3) is 2.72. The van der Waals surface area contributed by atoms with Gasteiger partial charge in [0.2, 0.25) is 0 Å². The van der Waals surface area contributed by atoms with E-state index in [-0.39, 0.29) is 0 Å². The summed E-state index contributed by atoms with van der Waals surface area (Å²) in [5, 5.41) is 9.52. The van der Waals surface area contributed by atoms with Gasteiger partial charge in [-0.25, -0.2) is 0 Å². The Kier molecular flexibility index (Phi) is 5.12. The Labute approximate surface area is 103 Å². The number of hydrogen-bond acceptors (Lipinski definition) is 3. The van der Waals surface area contributed by atoms with Crippen molar-refractivity contribution in [1.29, 1.82) is 0 Å². The predicted octanol–water partition coefficient (Wildman–Crippen LogP) is 2.46. The molecule has 1 rings (SSSR count). The molecule has 0 aromatic carbocycles. The summed E-state index contributed by atoms with van der Waals surface area (Å²) in [4.78, 5) is 13.7. The zero-order valence-electron chi connectivity index (χ0n) is 10.5. The zero-order valence-corrected chi connectivity index (χ0v) is 11.3. The lowest BCUT2D eigenvalue weighted by molar-refractivity contribution is -0.151. The Morgan fingerprint density at radius 3 is 2.75 bits per heavy atom. The van der Waals surface area contributed by atoms with Crippen molar-refractivity contribution in [3.8, 4) is 0 Å². The number of nitrogens with zero attached hydrogens (tertiary/aromatic N) is 1. The Hall–Kier alpha value is -0.220. The van der Waals surface area contributed by atoms with Crippen LogP contribution in [0.25, 0.3) is 0 Å². The van der Waals surface area contributed by atoms with Crippen LogP contribution in [0.2, 0.25) is 0 Å². The maximum atomic E-state index is 11.6. The van der Waals surface area contributed by atoms with E-state index >= 15 is 0 Å². The monoisotopic (exact) mass is 245 g/mol. The van der Waals surface area contributed by atoms with Gasteiger partial charge in [-0.05, 0) is 39.0 Å². The smallest absolute Gasteiger partial charge is 0.324 e. The summed E-state index contributed by atoms with van der Waals surface area (Å²) >= 11 is 1.77. The number of carbonyl (C=O) groups is 1. The van der Waals surface area contributed by atoms with Crippen molar-refractivity contribution in [2.24, 2.45) is 0 Å². The molecule has 0 amide bonds. The number of hydrogen-bond donors (Lipinski definition) is 1. The second-order valence-electron chi connectivity index (χ2n) is 4.74. The highest BCUT2D eigenvalue weighted by Gasteiger charge is 2.45. The standard InChI is InChI=1S/C12H23NO2S/c1-4-6-10(2)13(3)12(11(14)15)7-5-8-16-9-12/h10H,4-9H2,1-3H3,(H,14,15). The molecule has 0 saturated carbocycles. The van der Waals surface area contributed by atoms with Gasteiger partial charge in [-0.2, -0.15) is 11.8 Å². The largest absolute Gasteiger partial charge is 0.480 e. The van der Waals surface area contributed by atoms with Gasteiger partial charge in [0.05, 0.1) is 0 Å². The number of rotatable bonds is 5. The third-order valence-electron chi connectivity index (χ3n) is 3.66. The molecule has 2 atom stereocenters. The van der Waals surface area contributed by atoms with E-state index in [9.17, 15) is 9.90 Å². The third-order valence-corrected chi connectivity index (χ3v) is 4.92. The Bertz CT molecular complexity index is 239. The minimum absolute atomic E-state index is 0.347. The van der Waals surface area contributed by atoms with Gasteiger partial charge in [-0.3, -0.25) is 9.69 Å². The van der Waals surface area contributed by atoms with Crippen molar-refractivity contribution < 1.29 is 9.90 Å². The van der Waals surface area contributed by atoms with Crippen LogP contribution in [-0.4, -0.2) is 46.1 Å². The SMILES string of the molecule is CCCC(C)N(C)C1(C(=O)O)CCCSC1. The molecule has 0 aromatic rings. The molecule has 1 aliphatic heterocycles. The van der Waals surface area contributed by atoms with E-state index in [2.05, 4.69) is 18.7 Å². The zero-order chi connectivity index (χ0) is 12.2. The summed E-state index contributed by atoms with van der Waals surface area (Å²) in [5.41, 5.74) is -0.627. The fourth-order valence-electron chi connectivity index (χ4n) is 2.41. The van der Waals surface area contributed by atoms with Gasteiger partial charge < -0.3 is 5.11 Å². The summed E-state index contributed by atoms with van der Waals surface area (Å²) in [7, 11) is 1.97. The van der Waals surface area contributed by atoms with Crippen molar-refractivity contribution >= 4 is 17.7 Å². The van der Waals surface area contributed by atoms with Crippen molar-refractivity contribution in [1.82, 2.24) is 4.90 Å². The van der Waals surface area contributed by atoms with Crippen molar-refractivity contribution in [3.63, 3.8) is 0 Å². The van der Waals surface area contributed by atoms with Gasteiger partial charge in [0, 0.05) is 11.8 Å². The van der Waals surface area contributed by atoms with E-state index in [1.165, 1.54) is 0 Å². The first-order valence-electron chi connectivity index (χ1n) is 6.08. The van der Waals surface area contributed by atoms with Crippen LogP contribution in [0.5, 0.6) is 0 Å². The van der Waals surface area contributed by atoms with E-state index < -0.39 is 11.5 Å². The number of aliphatic carboxylic acids is 1. The molecule has 1 saturated heterocycles. The lowest BCUT2D eigenvalue weighted by Crippen LogP contribution is -2.59. The van der Waals surface area contributed by atoms with Gasteiger partial charge in [0.1, 0.15) is 5.54 Å². The molecule has 1 N–H and O–H groups in total. The van der Waals surface area contributed by atoms with Crippen LogP contribution in [0.3, 0.4) is 0 Å². The average Bonchev–Trinajstić information content (AvgIpc) is 2.29. The van der Waals surface area contributed by atoms with Gasteiger partial charge in [-0.15, -0.1) is 0 Å². The van der Waals surface area contributed by atoms with Gasteiger partial charge in [0.15, 0.2) is 0 Å². The Morgan fingerprint density at radius 2 is 2.31 bits per heavy atom. The maximum Gasteiger partial charge on any atom is 0.324 e. The van der Waals surface area contributed by atoms with Crippen molar-refractivity contribution in [2.75, 3.05) is 18.6 Å². The molecule has 0 radical (unpaired) electrons. The fraction of sp³-hybridized carbons (Fsp3) is 0.917. The van der Waals surface area contributed by atoms with Gasteiger partial charge in [0.25, 0.3) is 0 Å². The van der Waals surface area contributed by atoms with Crippen molar-refractivity contribution in [3.05, 3.63) is 0 Å². The van der Waals surface area contributed by atoms with Crippen molar-refractivity contribution in [2.45, 2.75) is 51.1 Å². The Morgan fingerprint density at radius 1 is 1.62 bits per heavy atom. The first kappa shape index (κ1) is 13.8. The van der Waals surface area contributed by atoms with Crippen LogP contribution in [0.15, 0.2) is 0 Å². The fourth-order valence-corrected chi connectivity index (χ4v) is 3.71. The van der Waals surface area contributed by atoms with E-state index in [4.69, 9.17) is 0 Å². The molecular formula is C12H23NO2S. The highest BCUT2D eigenvalue weighted by atomic mass is 32.2. The molecule has 1 heterocycles. The van der Waals surface area contributed by atoms with E-state index in [0.717, 1.165) is 37.2 Å². The predicted molar refractivity (Wildman–Crippen MR) is 69.1 cm³/mol. The average molecular weight is 245 g/mol. The van der Waals surface area contributed by atoms with Crippen LogP contribution in [0.4, 0.5) is 0 Å². The molecule has 3 nitrogen and oxygen atoms in total. The highest BCUT2D eigenvalue weighted by molar-refractivity contribution is 7.99. The van der Waals surface area contributed by atoms with E-state index in [1.807, 2.05) is 7.05 Å². The molecule has 0 spiro atoms. The summed E-state index contributed by atoms with van der Waals surface area (Å²) in [6.45, 7) is 4.28. The minimum atomic E-state index is -0.648. The first-order valence-corrected chi connectivity index (χ1v) is 7.24. The number of thioether (sulfide) groups is 1. The summed E-state index contributed by atoms with van der Waals surface area (Å²) in [5.74, 6) is 1.18. The topological polar surface area (TPSA) is 40.5 Å². The van der Waals surface area contributed by atoms with Crippen LogP contribution < -0.4 is 0 Å². The number of likely N-dealkylation sites (N-methyl/N-ethyl adjacent to an activating group) is 1. The van der Waals surface area contributed by atoms with E-state index in [0.29, 0.717) is 6.04 Å². The molecule has 4 heteroatoms. The molecule has 1 aliphatic rings. The molecule has 1 fully saturated rings. The van der Waals surface area contributed by atoms with Gasteiger partial charge >= 0.3 is 5.97 Å². The molecule has 16 heavy (non-hydrogen) atoms. The molecule has 2 unspecified atom stereocenters. The van der Waals surface area contributed by atoms with Crippen LogP contribution >= 0.6 is 11.8 Å². The Balaban J connectivity index is 2.79. The first-order chi connectivity index (χ1) is 7.54. The lowest BCUT2D eigenvalue weighted by Gasteiger charge is -2.43. The summed E-state index contributed by atoms with van der Waals surface area (Å²) in [6.07, 6.45) is 3.98. The quantitative estimate of drug-likeness (QED) is 0.808. The summed E-state index contributed by atoms with van der Waals surface area (Å²) in [6, 6.07) is 0.347. The highest BCUT2D eigenvalue weighted by Crippen LogP contribution is 2.33. The molecular weight excluding hydrogens is 222 g/mol. The minimum Gasteiger partial charge on any atom is -0.480 e. The second kappa shape index (κ2) is 5.92. The maximum absolute atomic E-state index is 11.6. The van der Waals surface area contributed by atoms with E-state index in [1.54, 1.807) is 11.8 Å². The number of carboxylic acid groups (broad SMARTS) is 1. The van der Waals surface area contributed by atoms with Crippen LogP contribution in [-0.2, 0) is 4.79 Å². The molecule has 0 aromatic heterocycles. The summed E-state index contributed by atoms with van der Waals surface area (Å²) < 4.78 is 0. The second-order valence-corrected chi connectivity index (χ2v) is 5.85.